The summed E-state index contributed by atoms with van der Waals surface area (Å²) in [5.41, 5.74) is -0.528. The maximum atomic E-state index is 9.52. The van der Waals surface area contributed by atoms with E-state index in [0.717, 1.165) is 6.42 Å². The summed E-state index contributed by atoms with van der Waals surface area (Å²) in [5, 5.41) is 9.71. The van der Waals surface area contributed by atoms with Crippen LogP contribution in [-0.4, -0.2) is 48.3 Å². The summed E-state index contributed by atoms with van der Waals surface area (Å²) >= 11 is 9.53. The van der Waals surface area contributed by atoms with Gasteiger partial charge in [0.15, 0.2) is 6.29 Å². The molecule has 1 saturated heterocycles. The number of hydrogen-bond donors (Lipinski definition) is 1. The summed E-state index contributed by atoms with van der Waals surface area (Å²) in [6.45, 7) is 7.98. The van der Waals surface area contributed by atoms with Crippen LogP contribution in [-0.2, 0) is 14.2 Å². The van der Waals surface area contributed by atoms with E-state index in [1.807, 2.05) is 27.7 Å². The summed E-state index contributed by atoms with van der Waals surface area (Å²) in [7, 11) is 1.66. The second-order valence-electron chi connectivity index (χ2n) is 4.84. The van der Waals surface area contributed by atoms with Crippen molar-refractivity contribution >= 4 is 23.2 Å². The number of methoxy groups -OCH3 is 1. The lowest BCUT2D eigenvalue weighted by atomic mass is 9.85. The Kier molecular flexibility index (Phi) is 9.58. The predicted molar refractivity (Wildman–Crippen MR) is 77.7 cm³/mol. The average Bonchev–Trinajstić information content (AvgIpc) is 2.62. The van der Waals surface area contributed by atoms with Crippen LogP contribution in [0.3, 0.4) is 0 Å². The summed E-state index contributed by atoms with van der Waals surface area (Å²) in [6.07, 6.45) is 0.338. The van der Waals surface area contributed by atoms with Gasteiger partial charge in [-0.3, -0.25) is 0 Å². The molecule has 6 heteroatoms. The molecule has 0 aromatic carbocycles. The van der Waals surface area contributed by atoms with Crippen LogP contribution in [0.1, 0.15) is 34.1 Å². The van der Waals surface area contributed by atoms with Crippen LogP contribution in [0, 0.1) is 5.92 Å². The van der Waals surface area contributed by atoms with Crippen molar-refractivity contribution in [3.63, 3.8) is 0 Å². The van der Waals surface area contributed by atoms with Crippen molar-refractivity contribution < 1.29 is 19.3 Å². The highest BCUT2D eigenvalue weighted by molar-refractivity contribution is 6.40. The fourth-order valence-corrected chi connectivity index (χ4v) is 2.33. The molecule has 0 aliphatic carbocycles. The molecule has 2 unspecified atom stereocenters. The van der Waals surface area contributed by atoms with Crippen LogP contribution in [0.5, 0.6) is 0 Å². The molecule has 1 heterocycles. The van der Waals surface area contributed by atoms with Gasteiger partial charge in [0, 0.05) is 13.0 Å². The minimum Gasteiger partial charge on any atom is -0.393 e. The molecule has 0 aromatic rings. The largest absolute Gasteiger partial charge is 0.393 e. The van der Waals surface area contributed by atoms with Crippen molar-refractivity contribution in [1.29, 1.82) is 0 Å². The van der Waals surface area contributed by atoms with Crippen molar-refractivity contribution in [2.24, 2.45) is 5.92 Å². The van der Waals surface area contributed by atoms with Gasteiger partial charge in [-0.25, -0.2) is 0 Å². The van der Waals surface area contributed by atoms with E-state index in [1.54, 1.807) is 7.11 Å². The lowest BCUT2D eigenvalue weighted by Gasteiger charge is -2.29. The summed E-state index contributed by atoms with van der Waals surface area (Å²) in [5.74, 6) is 0.122. The highest BCUT2D eigenvalue weighted by Crippen LogP contribution is 2.40. The van der Waals surface area contributed by atoms with Gasteiger partial charge in [0.2, 0.25) is 0 Å². The van der Waals surface area contributed by atoms with Crippen molar-refractivity contribution in [2.75, 3.05) is 19.1 Å². The van der Waals surface area contributed by atoms with Crippen LogP contribution in [0.15, 0.2) is 0 Å². The highest BCUT2D eigenvalue weighted by atomic mass is 35.5. The molecule has 0 aromatic heterocycles. The molecule has 0 amide bonds. The van der Waals surface area contributed by atoms with Gasteiger partial charge in [-0.2, -0.15) is 0 Å². The van der Waals surface area contributed by atoms with E-state index >= 15 is 0 Å². The molecule has 0 radical (unpaired) electrons. The molecule has 4 nitrogen and oxygen atoms in total. The van der Waals surface area contributed by atoms with Crippen molar-refractivity contribution in [1.82, 2.24) is 0 Å². The first-order valence-corrected chi connectivity index (χ1v) is 7.58. The Hall–Kier alpha value is 0.420. The number of alkyl halides is 2. The van der Waals surface area contributed by atoms with Gasteiger partial charge in [-0.05, 0) is 20.3 Å². The minimum atomic E-state index is -0.528. The topological polar surface area (TPSA) is 47.9 Å². The van der Waals surface area contributed by atoms with Gasteiger partial charge < -0.3 is 19.3 Å². The highest BCUT2D eigenvalue weighted by Gasteiger charge is 2.52. The summed E-state index contributed by atoms with van der Waals surface area (Å²) in [4.78, 5) is 0. The zero-order valence-corrected chi connectivity index (χ0v) is 13.9. The molecule has 1 N–H and O–H groups in total. The lowest BCUT2D eigenvalue weighted by molar-refractivity contribution is -0.215. The van der Waals surface area contributed by atoms with Gasteiger partial charge >= 0.3 is 0 Å². The van der Waals surface area contributed by atoms with Crippen LogP contribution < -0.4 is 0 Å². The molecule has 1 fully saturated rings. The first-order chi connectivity index (χ1) is 8.92. The minimum absolute atomic E-state index is 0.00246. The number of halogens is 2. The van der Waals surface area contributed by atoms with E-state index in [1.165, 1.54) is 0 Å². The molecule has 0 spiro atoms. The number of ether oxygens (including phenoxy) is 3. The Morgan fingerprint density at radius 3 is 2.21 bits per heavy atom. The van der Waals surface area contributed by atoms with Gasteiger partial charge in [0.05, 0.1) is 23.7 Å². The van der Waals surface area contributed by atoms with Gasteiger partial charge in [-0.15, -0.1) is 23.2 Å². The molecular weight excluding hydrogens is 291 g/mol. The van der Waals surface area contributed by atoms with E-state index in [-0.39, 0.29) is 36.4 Å². The average molecular weight is 317 g/mol. The second kappa shape index (κ2) is 9.37. The van der Waals surface area contributed by atoms with Crippen LogP contribution in [0.25, 0.3) is 0 Å². The molecule has 116 valence electrons. The van der Waals surface area contributed by atoms with Crippen LogP contribution in [0.2, 0.25) is 0 Å². The normalized spacial score (nSPS) is 34.3. The second-order valence-corrected chi connectivity index (χ2v) is 5.65. The third-order valence-electron chi connectivity index (χ3n) is 3.49. The zero-order chi connectivity index (χ0) is 15.1. The Balaban J connectivity index is 0.000000982. The molecule has 0 bridgehead atoms. The zero-order valence-electron chi connectivity index (χ0n) is 12.4. The molecule has 1 aliphatic rings. The first kappa shape index (κ1) is 19.4. The van der Waals surface area contributed by atoms with E-state index in [2.05, 4.69) is 0 Å². The lowest BCUT2D eigenvalue weighted by Crippen LogP contribution is -2.40. The van der Waals surface area contributed by atoms with Crippen molar-refractivity contribution in [3.8, 4) is 0 Å². The maximum Gasteiger partial charge on any atom is 0.185 e. The Bertz CT molecular complexity index is 235. The third kappa shape index (κ3) is 5.03. The van der Waals surface area contributed by atoms with E-state index < -0.39 is 5.60 Å². The smallest absolute Gasteiger partial charge is 0.185 e. The molecule has 0 saturated carbocycles. The van der Waals surface area contributed by atoms with Crippen molar-refractivity contribution in [3.05, 3.63) is 0 Å². The fraction of sp³-hybridized carbons (Fsp3) is 1.00. The van der Waals surface area contributed by atoms with Gasteiger partial charge in [-0.1, -0.05) is 13.8 Å². The first-order valence-electron chi connectivity index (χ1n) is 6.51. The standard InChI is InChI=1S/C12H24O4.CH2Cl2/c1-6-12(7-13)9(4)10(14-5)11(16-12)15-8(2)3;2-1-3/h8-11,13H,6-7H2,1-5H3;1H2/t9-,10+,11?,12?;/m1./s1. The summed E-state index contributed by atoms with van der Waals surface area (Å²) in [6, 6.07) is 0. The Morgan fingerprint density at radius 1 is 1.37 bits per heavy atom. The van der Waals surface area contributed by atoms with Crippen LogP contribution in [0.4, 0.5) is 0 Å². The Labute approximate surface area is 126 Å². The number of aliphatic hydroxyl groups is 1. The number of aliphatic hydroxyl groups excluding tert-OH is 1. The maximum absolute atomic E-state index is 9.52. The number of rotatable bonds is 5. The SMILES string of the molecule is CCC1(CO)OC(OC(C)C)[C@@H](OC)[C@H]1C.ClCCl. The molecule has 1 rings (SSSR count). The molecule has 19 heavy (non-hydrogen) atoms. The van der Waals surface area contributed by atoms with Gasteiger partial charge in [0.25, 0.3) is 0 Å². The Morgan fingerprint density at radius 2 is 1.89 bits per heavy atom. The van der Waals surface area contributed by atoms with Crippen LogP contribution >= 0.6 is 23.2 Å². The van der Waals surface area contributed by atoms with E-state index in [4.69, 9.17) is 37.4 Å². The predicted octanol–water partition coefficient (Wildman–Crippen LogP) is 2.98. The monoisotopic (exact) mass is 316 g/mol. The summed E-state index contributed by atoms with van der Waals surface area (Å²) < 4.78 is 17.0. The third-order valence-corrected chi connectivity index (χ3v) is 3.49. The molecule has 1 aliphatic heterocycles. The van der Waals surface area contributed by atoms with E-state index in [0.29, 0.717) is 0 Å². The number of hydrogen-bond acceptors (Lipinski definition) is 4. The van der Waals surface area contributed by atoms with Crippen molar-refractivity contribution in [2.45, 2.75) is 58.2 Å². The van der Waals surface area contributed by atoms with E-state index in [9.17, 15) is 5.11 Å². The van der Waals surface area contributed by atoms with Gasteiger partial charge in [0.1, 0.15) is 6.10 Å². The molecular formula is C13H26Cl2O4. The molecule has 4 atom stereocenters. The fourth-order valence-electron chi connectivity index (χ4n) is 2.33. The quantitative estimate of drug-likeness (QED) is 0.792.